The smallest absolute Gasteiger partial charge is 0.308 e. The zero-order valence-electron chi connectivity index (χ0n) is 21.1. The zero-order valence-corrected chi connectivity index (χ0v) is 21.9. The van der Waals surface area contributed by atoms with E-state index in [1.165, 1.54) is 37.0 Å². The molecule has 1 saturated carbocycles. The number of methoxy groups -OCH3 is 1. The van der Waals surface area contributed by atoms with Gasteiger partial charge in [-0.25, -0.2) is 4.39 Å². The first kappa shape index (κ1) is 27.9. The van der Waals surface area contributed by atoms with Gasteiger partial charge < -0.3 is 14.7 Å². The van der Waals surface area contributed by atoms with Crippen molar-refractivity contribution in [3.05, 3.63) is 63.3 Å². The van der Waals surface area contributed by atoms with Gasteiger partial charge in [0.05, 0.1) is 29.3 Å². The van der Waals surface area contributed by atoms with E-state index in [2.05, 4.69) is 0 Å². The number of aromatic hydroxyl groups is 1. The highest BCUT2D eigenvalue weighted by Crippen LogP contribution is 2.44. The van der Waals surface area contributed by atoms with Crippen molar-refractivity contribution in [2.75, 3.05) is 25.7 Å². The maximum absolute atomic E-state index is 13.2. The first-order chi connectivity index (χ1) is 17.5. The maximum Gasteiger partial charge on any atom is 0.308 e. The molecule has 3 N–H and O–H groups in total. The number of thioether (sulfide) groups is 1. The van der Waals surface area contributed by atoms with Crippen LogP contribution in [0.3, 0.4) is 0 Å². The molecule has 0 bridgehead atoms. The van der Waals surface area contributed by atoms with Gasteiger partial charge in [0.15, 0.2) is 5.75 Å². The Morgan fingerprint density at radius 2 is 1.95 bits per heavy atom. The van der Waals surface area contributed by atoms with Crippen molar-refractivity contribution in [1.82, 2.24) is 9.58 Å². The number of nitrogens with zero attached hydrogens (tertiary/aromatic N) is 3. The van der Waals surface area contributed by atoms with Crippen molar-refractivity contribution in [3.8, 4) is 5.75 Å². The standard InChI is InChI=1S/C25H30FN5O5S/c1-5-30(14-32)25(11-17(12-25)24(35)36-4)29(3)31-13-19(22(34)21(33)15(31)2)23(28)37-20(27)10-16-6-8-18(26)9-7-16/h6-9,13-14,17,27-28,33H,5,10-12H2,1-4H3. The molecule has 3 rings (SSSR count). The normalized spacial score (nSPS) is 18.5. The Bertz CT molecular complexity index is 1270. The Labute approximate surface area is 218 Å². The van der Waals surface area contributed by atoms with E-state index in [0.29, 0.717) is 18.5 Å². The molecule has 198 valence electrons. The molecule has 0 saturated heterocycles. The predicted molar refractivity (Wildman–Crippen MR) is 139 cm³/mol. The largest absolute Gasteiger partial charge is 0.503 e. The summed E-state index contributed by atoms with van der Waals surface area (Å²) < 4.78 is 19.5. The first-order valence-electron chi connectivity index (χ1n) is 11.6. The van der Waals surface area contributed by atoms with E-state index in [4.69, 9.17) is 15.6 Å². The van der Waals surface area contributed by atoms with Gasteiger partial charge >= 0.3 is 5.97 Å². The molecule has 10 nitrogen and oxygen atoms in total. The topological polar surface area (TPSA) is 140 Å². The fourth-order valence-electron chi connectivity index (χ4n) is 4.57. The Balaban J connectivity index is 1.93. The van der Waals surface area contributed by atoms with Gasteiger partial charge in [-0.15, -0.1) is 0 Å². The van der Waals surface area contributed by atoms with E-state index >= 15 is 0 Å². The summed E-state index contributed by atoms with van der Waals surface area (Å²) in [6.07, 6.45) is 2.78. The molecule has 0 unspecified atom stereocenters. The number of carbonyl (C=O) groups is 2. The van der Waals surface area contributed by atoms with E-state index < -0.39 is 28.6 Å². The molecule has 1 aromatic heterocycles. The fourth-order valence-corrected chi connectivity index (χ4v) is 5.31. The van der Waals surface area contributed by atoms with Crippen molar-refractivity contribution in [1.29, 1.82) is 10.8 Å². The lowest BCUT2D eigenvalue weighted by Gasteiger charge is -2.57. The fraction of sp³-hybridized carbons (Fsp3) is 0.400. The molecular formula is C25H30FN5O5S. The van der Waals surface area contributed by atoms with Gasteiger partial charge in [0, 0.05) is 39.1 Å². The molecule has 0 atom stereocenters. The minimum atomic E-state index is -0.927. The molecular weight excluding hydrogens is 501 g/mol. The molecule has 1 aliphatic carbocycles. The summed E-state index contributed by atoms with van der Waals surface area (Å²) in [7, 11) is 2.98. The average Bonchev–Trinajstić information content (AvgIpc) is 2.85. The van der Waals surface area contributed by atoms with Crippen molar-refractivity contribution in [3.63, 3.8) is 0 Å². The third-order valence-electron chi connectivity index (χ3n) is 6.75. The number of carbonyl (C=O) groups excluding carboxylic acids is 2. The number of amides is 1. The molecule has 0 spiro atoms. The van der Waals surface area contributed by atoms with Crippen LogP contribution in [0, 0.1) is 29.5 Å². The zero-order chi connectivity index (χ0) is 27.5. The molecule has 1 amide bonds. The lowest BCUT2D eigenvalue weighted by Crippen LogP contribution is -2.70. The second-order valence-corrected chi connectivity index (χ2v) is 9.94. The molecule has 0 radical (unpaired) electrons. The van der Waals surface area contributed by atoms with Gasteiger partial charge in [0.1, 0.15) is 16.5 Å². The lowest BCUT2D eigenvalue weighted by molar-refractivity contribution is -0.159. The molecule has 2 aromatic rings. The summed E-state index contributed by atoms with van der Waals surface area (Å²) in [5, 5.41) is 28.9. The van der Waals surface area contributed by atoms with Crippen LogP contribution in [0.2, 0.25) is 0 Å². The SMILES string of the molecule is CCN(C=O)C1(N(C)n2cc(C(=N)SC(=N)Cc3ccc(F)cc3)c(=O)c(O)c2C)CC(C(=O)OC)C1. The molecule has 0 aliphatic heterocycles. The van der Waals surface area contributed by atoms with Crippen LogP contribution in [0.1, 0.15) is 36.6 Å². The molecule has 1 fully saturated rings. The number of ether oxygens (including phenoxy) is 1. The van der Waals surface area contributed by atoms with Crippen molar-refractivity contribution in [2.45, 2.75) is 38.8 Å². The molecule has 1 aromatic carbocycles. The number of benzene rings is 1. The van der Waals surface area contributed by atoms with Gasteiger partial charge in [0.25, 0.3) is 0 Å². The van der Waals surface area contributed by atoms with Gasteiger partial charge in [-0.1, -0.05) is 23.9 Å². The van der Waals surface area contributed by atoms with Crippen LogP contribution in [0.5, 0.6) is 5.75 Å². The average molecular weight is 532 g/mol. The molecule has 37 heavy (non-hydrogen) atoms. The number of halogens is 1. The van der Waals surface area contributed by atoms with Crippen LogP contribution in [0.4, 0.5) is 4.39 Å². The highest BCUT2D eigenvalue weighted by Gasteiger charge is 2.55. The third kappa shape index (κ3) is 5.38. The Kier molecular flexibility index (Phi) is 8.42. The first-order valence-corrected chi connectivity index (χ1v) is 12.4. The van der Waals surface area contributed by atoms with Crippen LogP contribution in [0.15, 0.2) is 35.3 Å². The number of nitrogens with one attached hydrogen (secondary N) is 2. The Morgan fingerprint density at radius 1 is 1.32 bits per heavy atom. The van der Waals surface area contributed by atoms with Gasteiger partial charge in [-0.3, -0.25) is 34.9 Å². The van der Waals surface area contributed by atoms with Gasteiger partial charge in [-0.05, 0) is 31.5 Å². The minimum Gasteiger partial charge on any atom is -0.503 e. The number of hydrogen-bond donors (Lipinski definition) is 3. The number of rotatable bonds is 9. The van der Waals surface area contributed by atoms with E-state index in [1.54, 1.807) is 36.0 Å². The van der Waals surface area contributed by atoms with Crippen LogP contribution in [0.25, 0.3) is 0 Å². The number of esters is 1. The summed E-state index contributed by atoms with van der Waals surface area (Å²) in [6.45, 7) is 3.69. The Morgan fingerprint density at radius 3 is 2.49 bits per heavy atom. The second kappa shape index (κ2) is 11.2. The quantitative estimate of drug-likeness (QED) is 0.149. The van der Waals surface area contributed by atoms with Crippen LogP contribution < -0.4 is 10.4 Å². The van der Waals surface area contributed by atoms with Crippen LogP contribution in [-0.2, 0) is 20.7 Å². The number of pyridine rings is 1. The highest BCUT2D eigenvalue weighted by molar-refractivity contribution is 8.26. The summed E-state index contributed by atoms with van der Waals surface area (Å²) >= 11 is 0.753. The van der Waals surface area contributed by atoms with Crippen LogP contribution in [-0.4, -0.2) is 63.5 Å². The second-order valence-electron chi connectivity index (χ2n) is 8.83. The van der Waals surface area contributed by atoms with Gasteiger partial charge in [0.2, 0.25) is 11.8 Å². The number of aromatic nitrogens is 1. The summed E-state index contributed by atoms with van der Waals surface area (Å²) in [6, 6.07) is 5.65. The molecule has 1 aliphatic rings. The van der Waals surface area contributed by atoms with Crippen molar-refractivity contribution in [2.24, 2.45) is 5.92 Å². The van der Waals surface area contributed by atoms with E-state index in [0.717, 1.165) is 11.8 Å². The van der Waals surface area contributed by atoms with Crippen molar-refractivity contribution < 1.29 is 23.8 Å². The Hall–Kier alpha value is -3.67. The minimum absolute atomic E-state index is 0.0606. The monoisotopic (exact) mass is 531 g/mol. The van der Waals surface area contributed by atoms with Crippen LogP contribution >= 0.6 is 11.8 Å². The lowest BCUT2D eigenvalue weighted by atomic mass is 9.72. The predicted octanol–water partition coefficient (Wildman–Crippen LogP) is 2.61. The summed E-state index contributed by atoms with van der Waals surface area (Å²) in [4.78, 5) is 38.4. The third-order valence-corrected chi connectivity index (χ3v) is 7.57. The van der Waals surface area contributed by atoms with Gasteiger partial charge in [-0.2, -0.15) is 0 Å². The molecule has 12 heteroatoms. The van der Waals surface area contributed by atoms with E-state index in [1.807, 2.05) is 0 Å². The summed E-state index contributed by atoms with van der Waals surface area (Å²) in [5.41, 5.74) is -0.942. The molecule has 1 heterocycles. The highest BCUT2D eigenvalue weighted by atomic mass is 32.2. The van der Waals surface area contributed by atoms with Crippen molar-refractivity contribution >= 4 is 34.2 Å². The van der Waals surface area contributed by atoms with E-state index in [9.17, 15) is 23.9 Å². The number of hydrogen-bond acceptors (Lipinski definition) is 9. The summed E-state index contributed by atoms with van der Waals surface area (Å²) in [5.74, 6) is -1.76. The van der Waals surface area contributed by atoms with E-state index in [-0.39, 0.29) is 46.6 Å². The maximum atomic E-state index is 13.2.